The highest BCUT2D eigenvalue weighted by molar-refractivity contribution is 5.89. The number of hydrogen-bond acceptors (Lipinski definition) is 5. The van der Waals surface area contributed by atoms with Crippen molar-refractivity contribution >= 4 is 17.0 Å². The number of rotatable bonds is 7. The van der Waals surface area contributed by atoms with Crippen LogP contribution in [-0.2, 0) is 17.8 Å². The predicted octanol–water partition coefficient (Wildman–Crippen LogP) is 2.94. The Labute approximate surface area is 171 Å². The molecule has 0 saturated carbocycles. The van der Waals surface area contributed by atoms with E-state index in [0.29, 0.717) is 6.54 Å². The molecule has 2 aromatic carbocycles. The number of nitrogens with zero attached hydrogens (tertiary/aromatic N) is 3. The lowest BCUT2D eigenvalue weighted by Gasteiger charge is -2.07. The van der Waals surface area contributed by atoms with Crippen LogP contribution in [0.2, 0.25) is 0 Å². The molecule has 0 radical (unpaired) electrons. The molecular formula is C22H19FN4O3. The number of fused-ring (bicyclic) bond motifs is 1. The van der Waals surface area contributed by atoms with E-state index in [9.17, 15) is 14.0 Å². The van der Waals surface area contributed by atoms with Gasteiger partial charge in [0, 0.05) is 12.1 Å². The molecule has 1 amide bonds. The molecule has 0 spiro atoms. The Morgan fingerprint density at radius 3 is 2.67 bits per heavy atom. The van der Waals surface area contributed by atoms with Gasteiger partial charge >= 0.3 is 0 Å². The molecule has 0 fully saturated rings. The van der Waals surface area contributed by atoms with Gasteiger partial charge in [-0.25, -0.2) is 9.37 Å². The number of hydrogen-bond donors (Lipinski definition) is 1. The van der Waals surface area contributed by atoms with Crippen molar-refractivity contribution in [1.29, 1.82) is 0 Å². The number of nitrogens with one attached hydrogen (secondary N) is 1. The zero-order chi connectivity index (χ0) is 20.9. The average Bonchev–Trinajstić information content (AvgIpc) is 3.19. The quantitative estimate of drug-likeness (QED) is 0.477. The van der Waals surface area contributed by atoms with Crippen LogP contribution in [0.1, 0.15) is 12.0 Å². The van der Waals surface area contributed by atoms with E-state index in [4.69, 9.17) is 4.52 Å². The van der Waals surface area contributed by atoms with E-state index in [1.807, 2.05) is 30.3 Å². The Hall–Kier alpha value is -3.81. The molecule has 0 bridgehead atoms. The molecular weight excluding hydrogens is 387 g/mol. The summed E-state index contributed by atoms with van der Waals surface area (Å²) in [4.78, 5) is 29.2. The van der Waals surface area contributed by atoms with Crippen LogP contribution in [0.3, 0.4) is 0 Å². The average molecular weight is 406 g/mol. The highest BCUT2D eigenvalue weighted by atomic mass is 19.1. The Balaban J connectivity index is 1.46. The highest BCUT2D eigenvalue weighted by Crippen LogP contribution is 2.26. The van der Waals surface area contributed by atoms with Gasteiger partial charge in [0.2, 0.25) is 5.91 Å². The minimum absolute atomic E-state index is 0.00206. The molecule has 8 heteroatoms. The van der Waals surface area contributed by atoms with Crippen LogP contribution in [0.25, 0.3) is 22.4 Å². The molecule has 0 aliphatic heterocycles. The van der Waals surface area contributed by atoms with Gasteiger partial charge < -0.3 is 9.84 Å². The van der Waals surface area contributed by atoms with E-state index in [-0.39, 0.29) is 34.8 Å². The molecule has 0 aliphatic rings. The van der Waals surface area contributed by atoms with Crippen molar-refractivity contribution in [3.8, 4) is 11.3 Å². The van der Waals surface area contributed by atoms with Crippen LogP contribution in [0.4, 0.5) is 4.39 Å². The Kier molecular flexibility index (Phi) is 5.65. The van der Waals surface area contributed by atoms with Crippen LogP contribution in [0, 0.1) is 5.82 Å². The molecule has 0 aliphatic carbocycles. The number of carbonyl (C=O) groups is 1. The van der Waals surface area contributed by atoms with Crippen molar-refractivity contribution < 1.29 is 13.7 Å². The zero-order valence-corrected chi connectivity index (χ0v) is 16.0. The topological polar surface area (TPSA) is 90.0 Å². The normalized spacial score (nSPS) is 11.0. The molecule has 1 N–H and O–H groups in total. The van der Waals surface area contributed by atoms with Gasteiger partial charge in [0.1, 0.15) is 29.8 Å². The second-order valence-corrected chi connectivity index (χ2v) is 6.81. The summed E-state index contributed by atoms with van der Waals surface area (Å²) >= 11 is 0. The molecule has 4 rings (SSSR count). The first-order chi connectivity index (χ1) is 14.6. The molecule has 2 aromatic heterocycles. The fraction of sp³-hybridized carbons (Fsp3) is 0.182. The van der Waals surface area contributed by atoms with Crippen molar-refractivity contribution in [2.75, 3.05) is 6.54 Å². The number of aromatic nitrogens is 3. The second-order valence-electron chi connectivity index (χ2n) is 6.81. The van der Waals surface area contributed by atoms with E-state index < -0.39 is 11.4 Å². The lowest BCUT2D eigenvalue weighted by molar-refractivity contribution is -0.121. The molecule has 7 nitrogen and oxygen atoms in total. The molecule has 0 saturated heterocycles. The van der Waals surface area contributed by atoms with E-state index in [1.54, 1.807) is 12.1 Å². The summed E-state index contributed by atoms with van der Waals surface area (Å²) in [5.41, 5.74) is 0.888. The number of amides is 1. The summed E-state index contributed by atoms with van der Waals surface area (Å²) in [6.45, 7) is 0.293. The summed E-state index contributed by atoms with van der Waals surface area (Å²) < 4.78 is 20.4. The third-order valence-corrected chi connectivity index (χ3v) is 4.71. The first-order valence-corrected chi connectivity index (χ1v) is 9.54. The van der Waals surface area contributed by atoms with Crippen LogP contribution in [-0.4, -0.2) is 27.2 Å². The fourth-order valence-electron chi connectivity index (χ4n) is 3.21. The van der Waals surface area contributed by atoms with Gasteiger partial charge in [-0.2, -0.15) is 0 Å². The standard InChI is InChI=1S/C22H19FN4O3/c23-17-11-5-4-10-16(17)20-19-21(30-26-20)25-14-27(22(19)29)13-18(28)24-12-6-9-15-7-2-1-3-8-15/h1-5,7-8,10-11,14H,6,9,12-13H2,(H,24,28). The maximum atomic E-state index is 14.1. The van der Waals surface area contributed by atoms with Crippen molar-refractivity contribution in [2.45, 2.75) is 19.4 Å². The smallest absolute Gasteiger partial charge is 0.267 e. The minimum Gasteiger partial charge on any atom is -0.355 e. The first kappa shape index (κ1) is 19.5. The summed E-state index contributed by atoms with van der Waals surface area (Å²) in [6.07, 6.45) is 2.86. The Bertz CT molecular complexity index is 1230. The monoisotopic (exact) mass is 406 g/mol. The summed E-state index contributed by atoms with van der Waals surface area (Å²) in [5.74, 6) is -0.839. The molecule has 2 heterocycles. The van der Waals surface area contributed by atoms with Crippen LogP contribution < -0.4 is 10.9 Å². The Morgan fingerprint density at radius 2 is 1.87 bits per heavy atom. The van der Waals surface area contributed by atoms with Gasteiger partial charge in [0.15, 0.2) is 0 Å². The molecule has 30 heavy (non-hydrogen) atoms. The lowest BCUT2D eigenvalue weighted by Crippen LogP contribution is -2.33. The van der Waals surface area contributed by atoms with Crippen molar-refractivity contribution in [2.24, 2.45) is 0 Å². The minimum atomic E-state index is -0.529. The summed E-state index contributed by atoms with van der Waals surface area (Å²) in [7, 11) is 0. The Morgan fingerprint density at radius 1 is 1.10 bits per heavy atom. The maximum Gasteiger partial charge on any atom is 0.267 e. The summed E-state index contributed by atoms with van der Waals surface area (Å²) in [5, 5.41) is 6.65. The van der Waals surface area contributed by atoms with Crippen LogP contribution >= 0.6 is 0 Å². The molecule has 0 atom stereocenters. The lowest BCUT2D eigenvalue weighted by atomic mass is 10.1. The number of halogens is 1. The van der Waals surface area contributed by atoms with E-state index >= 15 is 0 Å². The molecule has 152 valence electrons. The SMILES string of the molecule is O=C(Cn1cnc2onc(-c3ccccc3F)c2c1=O)NCCCc1ccccc1. The third-order valence-electron chi connectivity index (χ3n) is 4.71. The number of aryl methyl sites for hydroxylation is 1. The second kappa shape index (κ2) is 8.69. The highest BCUT2D eigenvalue weighted by Gasteiger charge is 2.19. The van der Waals surface area contributed by atoms with E-state index in [2.05, 4.69) is 15.5 Å². The number of carbonyl (C=O) groups excluding carboxylic acids is 1. The van der Waals surface area contributed by atoms with Gasteiger partial charge in [-0.05, 0) is 30.5 Å². The number of benzene rings is 2. The van der Waals surface area contributed by atoms with Gasteiger partial charge in [0.25, 0.3) is 11.3 Å². The van der Waals surface area contributed by atoms with Crippen molar-refractivity contribution in [1.82, 2.24) is 20.0 Å². The van der Waals surface area contributed by atoms with Crippen LogP contribution in [0.5, 0.6) is 0 Å². The zero-order valence-electron chi connectivity index (χ0n) is 16.0. The van der Waals surface area contributed by atoms with Crippen LogP contribution in [0.15, 0.2) is 70.2 Å². The van der Waals surface area contributed by atoms with Crippen molar-refractivity contribution in [3.63, 3.8) is 0 Å². The fourth-order valence-corrected chi connectivity index (χ4v) is 3.21. The van der Waals surface area contributed by atoms with E-state index in [1.165, 1.54) is 24.0 Å². The van der Waals surface area contributed by atoms with Gasteiger partial charge in [-0.1, -0.05) is 47.6 Å². The molecule has 4 aromatic rings. The van der Waals surface area contributed by atoms with Gasteiger partial charge in [-0.15, -0.1) is 0 Å². The predicted molar refractivity (Wildman–Crippen MR) is 109 cm³/mol. The maximum absolute atomic E-state index is 14.1. The molecule has 0 unspecified atom stereocenters. The largest absolute Gasteiger partial charge is 0.355 e. The van der Waals surface area contributed by atoms with Crippen molar-refractivity contribution in [3.05, 3.63) is 82.7 Å². The third kappa shape index (κ3) is 4.12. The van der Waals surface area contributed by atoms with Gasteiger partial charge in [0.05, 0.1) is 0 Å². The van der Waals surface area contributed by atoms with Gasteiger partial charge in [-0.3, -0.25) is 14.2 Å². The summed E-state index contributed by atoms with van der Waals surface area (Å²) in [6, 6.07) is 15.9. The van der Waals surface area contributed by atoms with E-state index in [0.717, 1.165) is 17.4 Å². The first-order valence-electron chi connectivity index (χ1n) is 9.54.